The van der Waals surface area contributed by atoms with Gasteiger partial charge in [0, 0.05) is 12.6 Å². The first-order chi connectivity index (χ1) is 10.2. The minimum absolute atomic E-state index is 0.108. The molecule has 2 rings (SSSR count). The van der Waals surface area contributed by atoms with Gasteiger partial charge in [-0.15, -0.1) is 0 Å². The molecule has 1 aliphatic carbocycles. The van der Waals surface area contributed by atoms with Crippen LogP contribution in [-0.4, -0.2) is 28.5 Å². The molecule has 1 unspecified atom stereocenters. The van der Waals surface area contributed by atoms with Crippen molar-refractivity contribution < 1.29 is 4.79 Å². The summed E-state index contributed by atoms with van der Waals surface area (Å²) in [6.07, 6.45) is 10.5. The topological polar surface area (TPSA) is 66.9 Å². The standard InChI is InChI=1S/C16H26N4O/c1-3-13(12-8-6-5-7-9-12)20-16(21)14-10-19-15(11-18-14)17-4-2/h10-13H,3-9H2,1-2H3,(H,17,19)(H,20,21). The lowest BCUT2D eigenvalue weighted by atomic mass is 9.83. The van der Waals surface area contributed by atoms with E-state index in [2.05, 4.69) is 27.5 Å². The molecule has 1 heterocycles. The van der Waals surface area contributed by atoms with Crippen molar-refractivity contribution in [3.05, 3.63) is 18.1 Å². The summed E-state index contributed by atoms with van der Waals surface area (Å²) in [6.45, 7) is 4.93. The molecule has 0 saturated heterocycles. The van der Waals surface area contributed by atoms with Gasteiger partial charge in [0.15, 0.2) is 0 Å². The lowest BCUT2D eigenvalue weighted by Crippen LogP contribution is -2.41. The van der Waals surface area contributed by atoms with Gasteiger partial charge in [-0.05, 0) is 32.1 Å². The quantitative estimate of drug-likeness (QED) is 0.845. The van der Waals surface area contributed by atoms with E-state index in [1.54, 1.807) is 12.4 Å². The van der Waals surface area contributed by atoms with Crippen LogP contribution in [0.3, 0.4) is 0 Å². The number of rotatable bonds is 6. The molecule has 0 aliphatic heterocycles. The number of carbonyl (C=O) groups is 1. The molecule has 21 heavy (non-hydrogen) atoms. The fourth-order valence-electron chi connectivity index (χ4n) is 3.05. The molecule has 0 aromatic carbocycles. The number of nitrogens with one attached hydrogen (secondary N) is 2. The fourth-order valence-corrected chi connectivity index (χ4v) is 3.05. The molecule has 1 amide bonds. The fraction of sp³-hybridized carbons (Fsp3) is 0.688. The Bertz CT molecular complexity index is 440. The minimum atomic E-state index is -0.108. The Morgan fingerprint density at radius 3 is 2.57 bits per heavy atom. The number of carbonyl (C=O) groups excluding carboxylic acids is 1. The Morgan fingerprint density at radius 1 is 1.24 bits per heavy atom. The van der Waals surface area contributed by atoms with Crippen molar-refractivity contribution in [3.63, 3.8) is 0 Å². The summed E-state index contributed by atoms with van der Waals surface area (Å²) < 4.78 is 0. The molecule has 0 spiro atoms. The molecule has 1 aromatic rings. The Morgan fingerprint density at radius 2 is 2.00 bits per heavy atom. The maximum atomic E-state index is 12.3. The summed E-state index contributed by atoms with van der Waals surface area (Å²) in [5.41, 5.74) is 0.394. The highest BCUT2D eigenvalue weighted by atomic mass is 16.1. The second-order valence-electron chi connectivity index (χ2n) is 5.70. The van der Waals surface area contributed by atoms with Crippen molar-refractivity contribution >= 4 is 11.7 Å². The van der Waals surface area contributed by atoms with Gasteiger partial charge in [-0.3, -0.25) is 4.79 Å². The molecule has 1 saturated carbocycles. The van der Waals surface area contributed by atoms with Gasteiger partial charge in [0.25, 0.3) is 5.91 Å². The van der Waals surface area contributed by atoms with E-state index in [1.165, 1.54) is 32.1 Å². The van der Waals surface area contributed by atoms with Crippen LogP contribution in [0, 0.1) is 5.92 Å². The summed E-state index contributed by atoms with van der Waals surface area (Å²) >= 11 is 0. The van der Waals surface area contributed by atoms with Crippen LogP contribution in [-0.2, 0) is 0 Å². The van der Waals surface area contributed by atoms with Gasteiger partial charge >= 0.3 is 0 Å². The van der Waals surface area contributed by atoms with E-state index in [4.69, 9.17) is 0 Å². The van der Waals surface area contributed by atoms with Crippen LogP contribution in [0.15, 0.2) is 12.4 Å². The molecule has 1 aliphatic rings. The second-order valence-corrected chi connectivity index (χ2v) is 5.70. The lowest BCUT2D eigenvalue weighted by molar-refractivity contribution is 0.0905. The van der Waals surface area contributed by atoms with Crippen molar-refractivity contribution in [2.24, 2.45) is 5.92 Å². The third-order valence-electron chi connectivity index (χ3n) is 4.22. The van der Waals surface area contributed by atoms with Gasteiger partial charge in [0.05, 0.1) is 12.4 Å². The Balaban J connectivity index is 1.94. The normalized spacial score (nSPS) is 17.2. The molecule has 0 radical (unpaired) electrons. The monoisotopic (exact) mass is 290 g/mol. The van der Waals surface area contributed by atoms with Crippen LogP contribution in [0.2, 0.25) is 0 Å². The van der Waals surface area contributed by atoms with E-state index in [1.807, 2.05) is 6.92 Å². The third kappa shape index (κ3) is 4.41. The van der Waals surface area contributed by atoms with Crippen LogP contribution in [0.5, 0.6) is 0 Å². The molecule has 2 N–H and O–H groups in total. The lowest BCUT2D eigenvalue weighted by Gasteiger charge is -2.30. The van der Waals surface area contributed by atoms with Crippen LogP contribution in [0.4, 0.5) is 5.82 Å². The van der Waals surface area contributed by atoms with Gasteiger partial charge in [-0.1, -0.05) is 26.2 Å². The number of aromatic nitrogens is 2. The maximum Gasteiger partial charge on any atom is 0.271 e. The SMILES string of the molecule is CCNc1cnc(C(=O)NC(CC)C2CCCCC2)cn1. The zero-order valence-electron chi connectivity index (χ0n) is 13.1. The number of hydrogen-bond acceptors (Lipinski definition) is 4. The van der Waals surface area contributed by atoms with Crippen LogP contribution in [0.25, 0.3) is 0 Å². The third-order valence-corrected chi connectivity index (χ3v) is 4.22. The van der Waals surface area contributed by atoms with Gasteiger partial charge in [-0.2, -0.15) is 0 Å². The summed E-state index contributed by atoms with van der Waals surface area (Å²) in [6, 6.07) is 0.257. The summed E-state index contributed by atoms with van der Waals surface area (Å²) in [4.78, 5) is 20.7. The van der Waals surface area contributed by atoms with Crippen LogP contribution >= 0.6 is 0 Å². The van der Waals surface area contributed by atoms with Gasteiger partial charge in [-0.25, -0.2) is 9.97 Å². The highest BCUT2D eigenvalue weighted by Gasteiger charge is 2.24. The zero-order valence-corrected chi connectivity index (χ0v) is 13.1. The maximum absolute atomic E-state index is 12.3. The average molecular weight is 290 g/mol. The smallest absolute Gasteiger partial charge is 0.271 e. The second kappa shape index (κ2) is 7.96. The first-order valence-corrected chi connectivity index (χ1v) is 8.11. The van der Waals surface area contributed by atoms with Crippen molar-refractivity contribution in [2.75, 3.05) is 11.9 Å². The number of hydrogen-bond donors (Lipinski definition) is 2. The predicted molar refractivity (Wildman–Crippen MR) is 84.3 cm³/mol. The highest BCUT2D eigenvalue weighted by molar-refractivity contribution is 5.92. The van der Waals surface area contributed by atoms with Crippen LogP contribution in [0.1, 0.15) is 62.9 Å². The Hall–Kier alpha value is -1.65. The Labute approximate surface area is 127 Å². The van der Waals surface area contributed by atoms with Crippen molar-refractivity contribution in [1.82, 2.24) is 15.3 Å². The van der Waals surface area contributed by atoms with E-state index >= 15 is 0 Å². The van der Waals surface area contributed by atoms with Gasteiger partial charge < -0.3 is 10.6 Å². The van der Waals surface area contributed by atoms with E-state index in [9.17, 15) is 4.79 Å². The molecule has 5 heteroatoms. The van der Waals surface area contributed by atoms with E-state index < -0.39 is 0 Å². The summed E-state index contributed by atoms with van der Waals surface area (Å²) in [7, 11) is 0. The predicted octanol–water partition coefficient (Wildman–Crippen LogP) is 3.00. The van der Waals surface area contributed by atoms with Crippen molar-refractivity contribution in [3.8, 4) is 0 Å². The molecule has 1 atom stereocenters. The van der Waals surface area contributed by atoms with E-state index in [0.717, 1.165) is 13.0 Å². The number of anilines is 1. The zero-order chi connectivity index (χ0) is 15.1. The molecule has 1 aromatic heterocycles. The summed E-state index contributed by atoms with van der Waals surface area (Å²) in [5.74, 6) is 1.21. The molecule has 0 bridgehead atoms. The summed E-state index contributed by atoms with van der Waals surface area (Å²) in [5, 5.41) is 6.21. The highest BCUT2D eigenvalue weighted by Crippen LogP contribution is 2.27. The molecule has 116 valence electrons. The first-order valence-electron chi connectivity index (χ1n) is 8.11. The van der Waals surface area contributed by atoms with E-state index in [-0.39, 0.29) is 11.9 Å². The minimum Gasteiger partial charge on any atom is -0.369 e. The first kappa shape index (κ1) is 15.7. The largest absolute Gasteiger partial charge is 0.369 e. The van der Waals surface area contributed by atoms with Gasteiger partial charge in [0.2, 0.25) is 0 Å². The molecular formula is C16H26N4O. The van der Waals surface area contributed by atoms with Crippen LogP contribution < -0.4 is 10.6 Å². The number of nitrogens with zero attached hydrogens (tertiary/aromatic N) is 2. The van der Waals surface area contributed by atoms with Gasteiger partial charge in [0.1, 0.15) is 11.5 Å². The number of amides is 1. The Kier molecular flexibility index (Phi) is 5.96. The van der Waals surface area contributed by atoms with Crippen molar-refractivity contribution in [1.29, 1.82) is 0 Å². The van der Waals surface area contributed by atoms with E-state index in [0.29, 0.717) is 17.4 Å². The van der Waals surface area contributed by atoms with Crippen molar-refractivity contribution in [2.45, 2.75) is 58.4 Å². The molecular weight excluding hydrogens is 264 g/mol. The average Bonchev–Trinajstić information content (AvgIpc) is 2.54. The molecule has 1 fully saturated rings. The molecule has 5 nitrogen and oxygen atoms in total.